The number of hydrogen-bond acceptors (Lipinski definition) is 4. The van der Waals surface area contributed by atoms with Gasteiger partial charge in [-0.25, -0.2) is 10.2 Å². The maximum absolute atomic E-state index is 11.8. The first-order valence-corrected chi connectivity index (χ1v) is 7.21. The Balaban J connectivity index is 1.87. The zero-order valence-corrected chi connectivity index (χ0v) is 13.2. The van der Waals surface area contributed by atoms with Crippen LogP contribution in [0, 0.1) is 0 Å². The van der Waals surface area contributed by atoms with Gasteiger partial charge in [0.05, 0.1) is 25.3 Å². The average molecular weight is 331 g/mol. The highest BCUT2D eigenvalue weighted by Gasteiger charge is 2.04. The van der Waals surface area contributed by atoms with Crippen LogP contribution in [-0.4, -0.2) is 25.2 Å². The van der Waals surface area contributed by atoms with Gasteiger partial charge in [0.15, 0.2) is 0 Å². The van der Waals surface area contributed by atoms with Crippen LogP contribution in [0.4, 0.5) is 0 Å². The molecule has 1 N–H and O–H groups in total. The maximum Gasteiger partial charge on any atom is 0.337 e. The average Bonchev–Trinajstić information content (AvgIpc) is 2.57. The Hall–Kier alpha value is -2.66. The second-order valence-electron chi connectivity index (χ2n) is 4.71. The van der Waals surface area contributed by atoms with E-state index in [-0.39, 0.29) is 12.3 Å². The number of hydrogen-bond donors (Lipinski definition) is 1. The lowest BCUT2D eigenvalue weighted by Gasteiger charge is -2.01. The lowest BCUT2D eigenvalue weighted by atomic mass is 10.1. The molecule has 0 aromatic heterocycles. The number of carbonyl (C=O) groups is 2. The first kappa shape index (κ1) is 16.7. The van der Waals surface area contributed by atoms with E-state index in [0.717, 1.165) is 11.1 Å². The molecule has 0 atom stereocenters. The van der Waals surface area contributed by atoms with E-state index in [1.54, 1.807) is 48.5 Å². The summed E-state index contributed by atoms with van der Waals surface area (Å²) in [5.41, 5.74) is 4.51. The van der Waals surface area contributed by atoms with E-state index in [0.29, 0.717) is 10.6 Å². The molecule has 0 heterocycles. The smallest absolute Gasteiger partial charge is 0.337 e. The van der Waals surface area contributed by atoms with E-state index in [1.165, 1.54) is 13.3 Å². The first-order chi connectivity index (χ1) is 11.1. The number of rotatable bonds is 5. The summed E-state index contributed by atoms with van der Waals surface area (Å²) < 4.78 is 4.61. The second kappa shape index (κ2) is 8.10. The minimum absolute atomic E-state index is 0.218. The van der Waals surface area contributed by atoms with Crippen molar-refractivity contribution in [2.24, 2.45) is 5.10 Å². The molecule has 6 heteroatoms. The molecule has 2 aromatic carbocycles. The highest BCUT2D eigenvalue weighted by molar-refractivity contribution is 6.30. The Morgan fingerprint density at radius 1 is 1.13 bits per heavy atom. The topological polar surface area (TPSA) is 67.8 Å². The Bertz CT molecular complexity index is 710. The highest BCUT2D eigenvalue weighted by atomic mass is 35.5. The fourth-order valence-corrected chi connectivity index (χ4v) is 1.96. The van der Waals surface area contributed by atoms with Gasteiger partial charge in [0.25, 0.3) is 0 Å². The largest absolute Gasteiger partial charge is 0.465 e. The van der Waals surface area contributed by atoms with Crippen molar-refractivity contribution in [1.29, 1.82) is 0 Å². The van der Waals surface area contributed by atoms with Crippen LogP contribution in [0.3, 0.4) is 0 Å². The van der Waals surface area contributed by atoms with Gasteiger partial charge in [-0.05, 0) is 35.4 Å². The molecule has 5 nitrogen and oxygen atoms in total. The number of methoxy groups -OCH3 is 1. The molecule has 0 aliphatic carbocycles. The molecular formula is C17H15ClN2O3. The Morgan fingerprint density at radius 3 is 2.39 bits per heavy atom. The van der Waals surface area contributed by atoms with Crippen LogP contribution in [0.1, 0.15) is 21.5 Å². The van der Waals surface area contributed by atoms with Crippen LogP contribution in [0.25, 0.3) is 0 Å². The van der Waals surface area contributed by atoms with Crippen molar-refractivity contribution in [2.75, 3.05) is 7.11 Å². The molecule has 1 amide bonds. The van der Waals surface area contributed by atoms with Crippen molar-refractivity contribution in [3.63, 3.8) is 0 Å². The molecule has 118 valence electrons. The Morgan fingerprint density at radius 2 is 1.78 bits per heavy atom. The van der Waals surface area contributed by atoms with E-state index in [2.05, 4.69) is 15.3 Å². The summed E-state index contributed by atoms with van der Waals surface area (Å²) in [7, 11) is 1.33. The predicted octanol–water partition coefficient (Wildman–Crippen LogP) is 2.82. The summed E-state index contributed by atoms with van der Waals surface area (Å²) in [4.78, 5) is 23.1. The van der Waals surface area contributed by atoms with E-state index in [1.807, 2.05) is 0 Å². The van der Waals surface area contributed by atoms with Gasteiger partial charge in [-0.3, -0.25) is 4.79 Å². The van der Waals surface area contributed by atoms with Crippen LogP contribution in [0.2, 0.25) is 5.02 Å². The Kier molecular flexibility index (Phi) is 5.88. The third kappa shape index (κ3) is 5.23. The lowest BCUT2D eigenvalue weighted by Crippen LogP contribution is -2.19. The molecule has 2 aromatic rings. The molecule has 0 bridgehead atoms. The van der Waals surface area contributed by atoms with Crippen molar-refractivity contribution in [3.8, 4) is 0 Å². The van der Waals surface area contributed by atoms with Crippen LogP contribution in [0.15, 0.2) is 53.6 Å². The van der Waals surface area contributed by atoms with Crippen LogP contribution in [-0.2, 0) is 16.0 Å². The van der Waals surface area contributed by atoms with Crippen molar-refractivity contribution in [3.05, 3.63) is 70.2 Å². The first-order valence-electron chi connectivity index (χ1n) is 6.83. The summed E-state index contributed by atoms with van der Waals surface area (Å²) in [6, 6.07) is 13.7. The number of halogens is 1. The van der Waals surface area contributed by atoms with Crippen molar-refractivity contribution < 1.29 is 14.3 Å². The van der Waals surface area contributed by atoms with E-state index in [4.69, 9.17) is 11.6 Å². The number of carbonyl (C=O) groups excluding carboxylic acids is 2. The minimum atomic E-state index is -0.398. The molecule has 0 spiro atoms. The number of benzene rings is 2. The van der Waals surface area contributed by atoms with Gasteiger partial charge in [-0.2, -0.15) is 5.10 Å². The maximum atomic E-state index is 11.8. The monoisotopic (exact) mass is 330 g/mol. The number of nitrogens with one attached hydrogen (secondary N) is 1. The second-order valence-corrected chi connectivity index (χ2v) is 5.15. The molecule has 0 fully saturated rings. The minimum Gasteiger partial charge on any atom is -0.465 e. The number of esters is 1. The van der Waals surface area contributed by atoms with E-state index >= 15 is 0 Å². The summed E-state index contributed by atoms with van der Waals surface area (Å²) in [6.45, 7) is 0. The van der Waals surface area contributed by atoms with Crippen LogP contribution in [0.5, 0.6) is 0 Å². The molecule has 0 saturated carbocycles. The fourth-order valence-electron chi connectivity index (χ4n) is 1.83. The predicted molar refractivity (Wildman–Crippen MR) is 88.7 cm³/mol. The lowest BCUT2D eigenvalue weighted by molar-refractivity contribution is -0.120. The summed E-state index contributed by atoms with van der Waals surface area (Å²) in [6.07, 6.45) is 1.72. The van der Waals surface area contributed by atoms with E-state index in [9.17, 15) is 9.59 Å². The number of ether oxygens (including phenoxy) is 1. The molecule has 0 aliphatic heterocycles. The molecule has 23 heavy (non-hydrogen) atoms. The standard InChI is InChI=1S/C17H15ClN2O3/c1-23-17(22)14-6-2-13(3-7-14)11-19-20-16(21)10-12-4-8-15(18)9-5-12/h2-9,11H,10H2,1H3,(H,20,21)/b19-11-. The third-order valence-corrected chi connectivity index (χ3v) is 3.26. The van der Waals surface area contributed by atoms with Gasteiger partial charge < -0.3 is 4.74 Å². The van der Waals surface area contributed by atoms with Crippen molar-refractivity contribution in [2.45, 2.75) is 6.42 Å². The van der Waals surface area contributed by atoms with Gasteiger partial charge >= 0.3 is 5.97 Å². The van der Waals surface area contributed by atoms with Gasteiger partial charge in [-0.1, -0.05) is 35.9 Å². The number of hydrazone groups is 1. The molecule has 0 unspecified atom stereocenters. The highest BCUT2D eigenvalue weighted by Crippen LogP contribution is 2.09. The van der Waals surface area contributed by atoms with E-state index < -0.39 is 5.97 Å². The van der Waals surface area contributed by atoms with Gasteiger partial charge in [0, 0.05) is 5.02 Å². The fraction of sp³-hybridized carbons (Fsp3) is 0.118. The zero-order chi connectivity index (χ0) is 16.7. The quantitative estimate of drug-likeness (QED) is 0.521. The van der Waals surface area contributed by atoms with Crippen molar-refractivity contribution in [1.82, 2.24) is 5.43 Å². The van der Waals surface area contributed by atoms with Gasteiger partial charge in [0.1, 0.15) is 0 Å². The molecule has 0 aliphatic rings. The number of amides is 1. The zero-order valence-electron chi connectivity index (χ0n) is 12.5. The van der Waals surface area contributed by atoms with Crippen molar-refractivity contribution >= 4 is 29.7 Å². The van der Waals surface area contributed by atoms with Gasteiger partial charge in [-0.15, -0.1) is 0 Å². The molecule has 0 radical (unpaired) electrons. The summed E-state index contributed by atoms with van der Waals surface area (Å²) in [5.74, 6) is -0.625. The number of nitrogens with zero attached hydrogens (tertiary/aromatic N) is 1. The Labute approximate surface area is 138 Å². The summed E-state index contributed by atoms with van der Waals surface area (Å²) in [5, 5.41) is 4.51. The SMILES string of the molecule is COC(=O)c1ccc(/C=N\NC(=O)Cc2ccc(Cl)cc2)cc1. The molecule has 2 rings (SSSR count). The van der Waals surface area contributed by atoms with Crippen LogP contribution < -0.4 is 5.43 Å². The third-order valence-electron chi connectivity index (χ3n) is 3.01. The molecular weight excluding hydrogens is 316 g/mol. The van der Waals surface area contributed by atoms with Gasteiger partial charge in [0.2, 0.25) is 5.91 Å². The molecule has 0 saturated heterocycles. The van der Waals surface area contributed by atoms with Crippen LogP contribution >= 0.6 is 11.6 Å². The summed E-state index contributed by atoms with van der Waals surface area (Å²) >= 11 is 5.79. The normalized spacial score (nSPS) is 10.5.